The first-order valence-electron chi connectivity index (χ1n) is 2.44. The molecule has 5 nitrogen and oxygen atoms in total. The van der Waals surface area contributed by atoms with Crippen LogP contribution in [0.5, 0.6) is 0 Å². The van der Waals surface area contributed by atoms with Crippen molar-refractivity contribution in [3.05, 3.63) is 0 Å². The Balaban J connectivity index is 2.77. The number of nitrogens with two attached hydrogens (primary N) is 1. The Kier molecular flexibility index (Phi) is 1.22. The molecule has 2 amide bonds. The van der Waals surface area contributed by atoms with Gasteiger partial charge in [-0.2, -0.15) is 5.06 Å². The Bertz CT molecular complexity index is 167. The van der Waals surface area contributed by atoms with Gasteiger partial charge in [-0.3, -0.25) is 14.8 Å². The zero-order valence-electron chi connectivity index (χ0n) is 4.57. The maximum Gasteiger partial charge on any atom is 0.270 e. The van der Waals surface area contributed by atoms with E-state index < -0.39 is 17.9 Å². The van der Waals surface area contributed by atoms with Crippen molar-refractivity contribution in [1.82, 2.24) is 5.06 Å². The maximum atomic E-state index is 10.4. The van der Waals surface area contributed by atoms with E-state index in [2.05, 4.69) is 0 Å². The molecule has 0 bridgehead atoms. The van der Waals surface area contributed by atoms with E-state index in [1.54, 1.807) is 0 Å². The highest BCUT2D eigenvalue weighted by Crippen LogP contribution is 2.06. The molecule has 1 aliphatic rings. The molecule has 1 rings (SSSR count). The fraction of sp³-hybridized carbons (Fsp3) is 0.500. The number of nitrogens with zero attached hydrogens (tertiary/aromatic N) is 1. The van der Waals surface area contributed by atoms with Gasteiger partial charge in [0.2, 0.25) is 0 Å². The van der Waals surface area contributed by atoms with Gasteiger partial charge >= 0.3 is 0 Å². The Hall–Kier alpha value is -0.940. The lowest BCUT2D eigenvalue weighted by Crippen LogP contribution is -2.32. The van der Waals surface area contributed by atoms with Crippen molar-refractivity contribution in [2.24, 2.45) is 5.73 Å². The van der Waals surface area contributed by atoms with Gasteiger partial charge < -0.3 is 5.73 Å². The summed E-state index contributed by atoms with van der Waals surface area (Å²) in [7, 11) is 0. The quantitative estimate of drug-likeness (QED) is 0.307. The molecule has 0 unspecified atom stereocenters. The van der Waals surface area contributed by atoms with E-state index in [1.807, 2.05) is 0 Å². The monoisotopic (exact) mass is 130 g/mol. The molecule has 0 aromatic carbocycles. The highest BCUT2D eigenvalue weighted by atomic mass is 16.5. The molecule has 1 atom stereocenters. The molecule has 1 fully saturated rings. The smallest absolute Gasteiger partial charge is 0.270 e. The fourth-order valence-electron chi connectivity index (χ4n) is 0.642. The van der Waals surface area contributed by atoms with Crippen LogP contribution in [-0.4, -0.2) is 28.1 Å². The lowest BCUT2D eigenvalue weighted by molar-refractivity contribution is -0.171. The minimum Gasteiger partial charge on any atom is -0.319 e. The zero-order chi connectivity index (χ0) is 7.02. The van der Waals surface area contributed by atoms with Crippen LogP contribution in [0.15, 0.2) is 0 Å². The van der Waals surface area contributed by atoms with Crippen LogP contribution in [0, 0.1) is 0 Å². The summed E-state index contributed by atoms with van der Waals surface area (Å²) in [5.41, 5.74) is 5.09. The number of amides is 2. The van der Waals surface area contributed by atoms with E-state index in [1.165, 1.54) is 0 Å². The van der Waals surface area contributed by atoms with Crippen LogP contribution >= 0.6 is 0 Å². The summed E-state index contributed by atoms with van der Waals surface area (Å²) in [6, 6.07) is -0.845. The van der Waals surface area contributed by atoms with Gasteiger partial charge in [0, 0.05) is 0 Å². The Morgan fingerprint density at radius 2 is 2.22 bits per heavy atom. The van der Waals surface area contributed by atoms with Gasteiger partial charge in [-0.05, 0) is 0 Å². The van der Waals surface area contributed by atoms with Gasteiger partial charge in [-0.15, -0.1) is 0 Å². The first kappa shape index (κ1) is 6.18. The highest BCUT2D eigenvalue weighted by molar-refractivity contribution is 6.03. The average Bonchev–Trinajstić information content (AvgIpc) is 1.98. The second kappa shape index (κ2) is 1.78. The van der Waals surface area contributed by atoms with E-state index in [4.69, 9.17) is 10.9 Å². The van der Waals surface area contributed by atoms with Gasteiger partial charge in [0.15, 0.2) is 0 Å². The largest absolute Gasteiger partial charge is 0.319 e. The molecule has 1 saturated heterocycles. The van der Waals surface area contributed by atoms with Gasteiger partial charge in [0.1, 0.15) is 0 Å². The molecule has 1 heterocycles. The van der Waals surface area contributed by atoms with Gasteiger partial charge in [-0.1, -0.05) is 0 Å². The van der Waals surface area contributed by atoms with Crippen LogP contribution in [-0.2, 0) is 9.59 Å². The zero-order valence-corrected chi connectivity index (χ0v) is 4.57. The summed E-state index contributed by atoms with van der Waals surface area (Å²) in [5, 5.41) is 8.55. The van der Waals surface area contributed by atoms with Crippen molar-refractivity contribution in [3.63, 3.8) is 0 Å². The van der Waals surface area contributed by atoms with Crippen LogP contribution in [0.3, 0.4) is 0 Å². The average molecular weight is 130 g/mol. The van der Waals surface area contributed by atoms with Crippen LogP contribution in [0.2, 0.25) is 0 Å². The van der Waals surface area contributed by atoms with Gasteiger partial charge in [0.25, 0.3) is 11.8 Å². The van der Waals surface area contributed by atoms with E-state index >= 15 is 0 Å². The predicted octanol–water partition coefficient (Wildman–Crippen LogP) is -1.54. The summed E-state index contributed by atoms with van der Waals surface area (Å²) < 4.78 is 0. The molecule has 50 valence electrons. The number of rotatable bonds is 0. The summed E-state index contributed by atoms with van der Waals surface area (Å²) in [6.07, 6.45) is -0.0880. The van der Waals surface area contributed by atoms with Crippen molar-refractivity contribution in [3.8, 4) is 0 Å². The van der Waals surface area contributed by atoms with Crippen molar-refractivity contribution < 1.29 is 14.8 Å². The number of imide groups is 1. The third-order valence-electron chi connectivity index (χ3n) is 1.16. The molecule has 0 aromatic rings. The Labute approximate surface area is 51.0 Å². The van der Waals surface area contributed by atoms with E-state index in [0.29, 0.717) is 0 Å². The summed E-state index contributed by atoms with van der Waals surface area (Å²) in [4.78, 5) is 20.8. The van der Waals surface area contributed by atoms with E-state index in [9.17, 15) is 9.59 Å². The van der Waals surface area contributed by atoms with E-state index in [-0.39, 0.29) is 11.5 Å². The Morgan fingerprint density at radius 3 is 2.33 bits per heavy atom. The third kappa shape index (κ3) is 0.797. The van der Waals surface area contributed by atoms with Crippen molar-refractivity contribution in [1.29, 1.82) is 0 Å². The molecule has 0 aromatic heterocycles. The Morgan fingerprint density at radius 1 is 1.67 bits per heavy atom. The van der Waals surface area contributed by atoms with E-state index in [0.717, 1.165) is 0 Å². The molecule has 3 N–H and O–H groups in total. The number of hydroxylamine groups is 2. The molecule has 0 saturated carbocycles. The normalized spacial score (nSPS) is 27.8. The molecule has 1 aliphatic heterocycles. The maximum absolute atomic E-state index is 10.4. The third-order valence-corrected chi connectivity index (χ3v) is 1.16. The van der Waals surface area contributed by atoms with Gasteiger partial charge in [0.05, 0.1) is 12.5 Å². The highest BCUT2D eigenvalue weighted by Gasteiger charge is 2.35. The van der Waals surface area contributed by atoms with Gasteiger partial charge in [-0.25, -0.2) is 0 Å². The minimum atomic E-state index is -0.845. The van der Waals surface area contributed by atoms with Crippen LogP contribution in [0.4, 0.5) is 0 Å². The minimum absolute atomic E-state index is 0.0602. The van der Waals surface area contributed by atoms with Crippen molar-refractivity contribution >= 4 is 11.8 Å². The molecular formula is C4H6N2O3. The van der Waals surface area contributed by atoms with Crippen LogP contribution in [0.1, 0.15) is 6.42 Å². The molecule has 0 aliphatic carbocycles. The number of hydrogen-bond acceptors (Lipinski definition) is 4. The lowest BCUT2D eigenvalue weighted by Gasteiger charge is -2.00. The first-order chi connectivity index (χ1) is 4.13. The standard InChI is InChI=1S/C4H6N2O3/c5-2-1-3(7)6(9)4(2)8/h2,9H,1,5H2/t2-/m1/s1. The molecule has 5 heteroatoms. The molecule has 0 spiro atoms. The molecule has 9 heavy (non-hydrogen) atoms. The van der Waals surface area contributed by atoms with Crippen LogP contribution < -0.4 is 5.73 Å². The predicted molar refractivity (Wildman–Crippen MR) is 26.2 cm³/mol. The second-order valence-electron chi connectivity index (χ2n) is 1.85. The SMILES string of the molecule is N[C@@H]1CC(=O)N(O)C1=O. The number of hydrogen-bond donors (Lipinski definition) is 2. The summed E-state index contributed by atoms with van der Waals surface area (Å²) >= 11 is 0. The number of carbonyl (C=O) groups excluding carboxylic acids is 2. The first-order valence-corrected chi connectivity index (χ1v) is 2.44. The fourth-order valence-corrected chi connectivity index (χ4v) is 0.642. The number of carbonyl (C=O) groups is 2. The van der Waals surface area contributed by atoms with Crippen molar-refractivity contribution in [2.75, 3.05) is 0 Å². The second-order valence-corrected chi connectivity index (χ2v) is 1.85. The van der Waals surface area contributed by atoms with Crippen LogP contribution in [0.25, 0.3) is 0 Å². The molecular weight excluding hydrogens is 124 g/mol. The summed E-state index contributed by atoms with van der Waals surface area (Å²) in [5.74, 6) is -1.35. The topological polar surface area (TPSA) is 83.6 Å². The summed E-state index contributed by atoms with van der Waals surface area (Å²) in [6.45, 7) is 0. The molecule has 0 radical (unpaired) electrons. The van der Waals surface area contributed by atoms with Crippen molar-refractivity contribution in [2.45, 2.75) is 12.5 Å². The lowest BCUT2D eigenvalue weighted by atomic mass is 10.3.